The van der Waals surface area contributed by atoms with Crippen LogP contribution in [0.15, 0.2) is 34.9 Å². The fourth-order valence-electron chi connectivity index (χ4n) is 2.60. The van der Waals surface area contributed by atoms with Crippen molar-refractivity contribution in [1.82, 2.24) is 10.1 Å². The number of carbonyl (C=O) groups is 2. The van der Waals surface area contributed by atoms with Crippen molar-refractivity contribution in [2.24, 2.45) is 5.73 Å². The van der Waals surface area contributed by atoms with Gasteiger partial charge in [-0.05, 0) is 18.1 Å². The number of nitrogens with one attached hydrogen (secondary N) is 1. The van der Waals surface area contributed by atoms with Gasteiger partial charge in [0.1, 0.15) is 11.8 Å². The number of urea groups is 1. The van der Waals surface area contributed by atoms with Crippen molar-refractivity contribution < 1.29 is 14.1 Å². The number of hydrogen-bond acceptors (Lipinski definition) is 4. The number of primary amides is 1. The van der Waals surface area contributed by atoms with Crippen molar-refractivity contribution in [2.75, 3.05) is 5.32 Å². The SMILES string of the molecule is Cc1cc(NC(=O)N2Cc3ccccc3CC2C(N)=O)no1. The molecule has 0 bridgehead atoms. The molecule has 22 heavy (non-hydrogen) atoms. The molecule has 1 aliphatic rings. The van der Waals surface area contributed by atoms with Crippen molar-refractivity contribution in [3.8, 4) is 0 Å². The van der Waals surface area contributed by atoms with Crippen LogP contribution >= 0.6 is 0 Å². The van der Waals surface area contributed by atoms with Crippen LogP contribution in [-0.2, 0) is 17.8 Å². The molecule has 1 aromatic heterocycles. The highest BCUT2D eigenvalue weighted by Crippen LogP contribution is 2.24. The number of amides is 3. The minimum absolute atomic E-state index is 0.310. The zero-order chi connectivity index (χ0) is 15.7. The molecule has 114 valence electrons. The molecule has 0 saturated heterocycles. The maximum absolute atomic E-state index is 12.4. The lowest BCUT2D eigenvalue weighted by Crippen LogP contribution is -2.52. The highest BCUT2D eigenvalue weighted by atomic mass is 16.5. The first kappa shape index (κ1) is 14.1. The number of hydrogen-bond donors (Lipinski definition) is 2. The van der Waals surface area contributed by atoms with Crippen LogP contribution in [-0.4, -0.2) is 28.0 Å². The van der Waals surface area contributed by atoms with Gasteiger partial charge in [-0.15, -0.1) is 0 Å². The van der Waals surface area contributed by atoms with E-state index in [1.54, 1.807) is 13.0 Å². The molecule has 7 heteroatoms. The van der Waals surface area contributed by atoms with E-state index in [-0.39, 0.29) is 0 Å². The fraction of sp³-hybridized carbons (Fsp3) is 0.267. The average molecular weight is 300 g/mol. The molecule has 1 aromatic carbocycles. The molecule has 0 aliphatic carbocycles. The minimum Gasteiger partial charge on any atom is -0.368 e. The van der Waals surface area contributed by atoms with Crippen molar-refractivity contribution in [1.29, 1.82) is 0 Å². The molecule has 7 nitrogen and oxygen atoms in total. The molecular weight excluding hydrogens is 284 g/mol. The van der Waals surface area contributed by atoms with E-state index in [0.29, 0.717) is 24.5 Å². The van der Waals surface area contributed by atoms with E-state index in [4.69, 9.17) is 10.3 Å². The van der Waals surface area contributed by atoms with Crippen LogP contribution in [0, 0.1) is 6.92 Å². The van der Waals surface area contributed by atoms with Crippen LogP contribution in [0.3, 0.4) is 0 Å². The maximum atomic E-state index is 12.4. The Morgan fingerprint density at radius 2 is 2.09 bits per heavy atom. The molecule has 0 spiro atoms. The summed E-state index contributed by atoms with van der Waals surface area (Å²) >= 11 is 0. The van der Waals surface area contributed by atoms with E-state index < -0.39 is 18.0 Å². The van der Waals surface area contributed by atoms with E-state index in [0.717, 1.165) is 11.1 Å². The van der Waals surface area contributed by atoms with Gasteiger partial charge in [0.05, 0.1) is 0 Å². The summed E-state index contributed by atoms with van der Waals surface area (Å²) in [6, 6.07) is 8.20. The van der Waals surface area contributed by atoms with Gasteiger partial charge in [-0.2, -0.15) is 0 Å². The molecule has 1 atom stereocenters. The molecule has 0 fully saturated rings. The van der Waals surface area contributed by atoms with E-state index in [1.165, 1.54) is 4.90 Å². The molecular formula is C15H16N4O3. The number of rotatable bonds is 2. The summed E-state index contributed by atoms with van der Waals surface area (Å²) in [6.45, 7) is 2.05. The molecule has 1 unspecified atom stereocenters. The number of nitrogens with two attached hydrogens (primary N) is 1. The number of nitrogens with zero attached hydrogens (tertiary/aromatic N) is 2. The highest BCUT2D eigenvalue weighted by Gasteiger charge is 2.33. The molecule has 2 heterocycles. The summed E-state index contributed by atoms with van der Waals surface area (Å²) < 4.78 is 4.91. The van der Waals surface area contributed by atoms with Gasteiger partial charge in [0.2, 0.25) is 5.91 Å². The van der Waals surface area contributed by atoms with Gasteiger partial charge >= 0.3 is 6.03 Å². The fourth-order valence-corrected chi connectivity index (χ4v) is 2.60. The summed E-state index contributed by atoms with van der Waals surface area (Å²) in [6.07, 6.45) is 0.413. The van der Waals surface area contributed by atoms with Gasteiger partial charge in [-0.3, -0.25) is 10.1 Å². The first-order valence-electron chi connectivity index (χ1n) is 6.91. The largest absolute Gasteiger partial charge is 0.368 e. The molecule has 1 aliphatic heterocycles. The summed E-state index contributed by atoms with van der Waals surface area (Å²) in [4.78, 5) is 25.6. The number of carbonyl (C=O) groups excluding carboxylic acids is 2. The number of fused-ring (bicyclic) bond motifs is 1. The van der Waals surface area contributed by atoms with E-state index in [2.05, 4.69) is 10.5 Å². The van der Waals surface area contributed by atoms with Crippen molar-refractivity contribution in [3.63, 3.8) is 0 Å². The minimum atomic E-state index is -0.678. The van der Waals surface area contributed by atoms with Gasteiger partial charge < -0.3 is 15.2 Å². The Hall–Kier alpha value is -2.83. The zero-order valence-corrected chi connectivity index (χ0v) is 12.1. The van der Waals surface area contributed by atoms with Gasteiger partial charge in [-0.1, -0.05) is 29.4 Å². The number of benzene rings is 1. The van der Waals surface area contributed by atoms with Crippen LogP contribution in [0.25, 0.3) is 0 Å². The van der Waals surface area contributed by atoms with Crippen LogP contribution in [0.2, 0.25) is 0 Å². The molecule has 3 amide bonds. The quantitative estimate of drug-likeness (QED) is 0.875. The topological polar surface area (TPSA) is 101 Å². The lowest BCUT2D eigenvalue weighted by molar-refractivity contribution is -0.122. The first-order valence-corrected chi connectivity index (χ1v) is 6.91. The Bertz CT molecular complexity index is 725. The Morgan fingerprint density at radius 1 is 1.36 bits per heavy atom. The smallest absolute Gasteiger partial charge is 0.324 e. The summed E-state index contributed by atoms with van der Waals surface area (Å²) in [7, 11) is 0. The summed E-state index contributed by atoms with van der Waals surface area (Å²) in [5, 5.41) is 6.34. The van der Waals surface area contributed by atoms with Crippen molar-refractivity contribution >= 4 is 17.8 Å². The van der Waals surface area contributed by atoms with E-state index in [9.17, 15) is 9.59 Å². The third kappa shape index (κ3) is 2.65. The standard InChI is InChI=1S/C15H16N4O3/c1-9-6-13(18-22-9)17-15(21)19-8-11-5-3-2-4-10(11)7-12(19)14(16)20/h2-6,12H,7-8H2,1H3,(H2,16,20)(H,17,18,21). The van der Waals surface area contributed by atoms with Gasteiger partial charge in [0.15, 0.2) is 5.82 Å². The van der Waals surface area contributed by atoms with Crippen LogP contribution < -0.4 is 11.1 Å². The lowest BCUT2D eigenvalue weighted by Gasteiger charge is -2.34. The predicted octanol–water partition coefficient (Wildman–Crippen LogP) is 1.43. The zero-order valence-electron chi connectivity index (χ0n) is 12.1. The van der Waals surface area contributed by atoms with E-state index in [1.807, 2.05) is 24.3 Å². The van der Waals surface area contributed by atoms with Crippen LogP contribution in [0.1, 0.15) is 16.9 Å². The van der Waals surface area contributed by atoms with Crippen molar-refractivity contribution in [3.05, 3.63) is 47.2 Å². The van der Waals surface area contributed by atoms with Gasteiger partial charge in [0, 0.05) is 19.0 Å². The average Bonchev–Trinajstić information content (AvgIpc) is 2.90. The Balaban J connectivity index is 1.84. The van der Waals surface area contributed by atoms with Crippen LogP contribution in [0.4, 0.5) is 10.6 Å². The van der Waals surface area contributed by atoms with Crippen LogP contribution in [0.5, 0.6) is 0 Å². The Morgan fingerprint density at radius 3 is 2.73 bits per heavy atom. The summed E-state index contributed by atoms with van der Waals surface area (Å²) in [5.41, 5.74) is 7.50. The van der Waals surface area contributed by atoms with Crippen molar-refractivity contribution in [2.45, 2.75) is 25.9 Å². The second kappa shape index (κ2) is 5.51. The number of aryl methyl sites for hydroxylation is 1. The Kier molecular flexibility index (Phi) is 3.54. The number of anilines is 1. The van der Waals surface area contributed by atoms with E-state index >= 15 is 0 Å². The second-order valence-electron chi connectivity index (χ2n) is 5.27. The van der Waals surface area contributed by atoms with Gasteiger partial charge in [-0.25, -0.2) is 4.79 Å². The molecule has 2 aromatic rings. The normalized spacial score (nSPS) is 17.0. The maximum Gasteiger partial charge on any atom is 0.324 e. The molecule has 3 N–H and O–H groups in total. The highest BCUT2D eigenvalue weighted by molar-refractivity contribution is 5.93. The Labute approximate surface area is 127 Å². The number of aromatic nitrogens is 1. The third-order valence-electron chi connectivity index (χ3n) is 3.70. The molecule has 0 radical (unpaired) electrons. The first-order chi connectivity index (χ1) is 10.5. The third-order valence-corrected chi connectivity index (χ3v) is 3.70. The summed E-state index contributed by atoms with van der Waals surface area (Å²) in [5.74, 6) is 0.372. The molecule has 3 rings (SSSR count). The monoisotopic (exact) mass is 300 g/mol. The van der Waals surface area contributed by atoms with Gasteiger partial charge in [0.25, 0.3) is 0 Å². The predicted molar refractivity (Wildman–Crippen MR) is 78.9 cm³/mol. The lowest BCUT2D eigenvalue weighted by atomic mass is 9.94. The molecule has 0 saturated carbocycles. The second-order valence-corrected chi connectivity index (χ2v) is 5.27.